The number of nitrogens with zero attached hydrogens (tertiary/aromatic N) is 1. The van der Waals surface area contributed by atoms with Crippen LogP contribution in [0.1, 0.15) is 33.3 Å². The predicted molar refractivity (Wildman–Crippen MR) is 98.3 cm³/mol. The first kappa shape index (κ1) is 19.7. The molecule has 24 heavy (non-hydrogen) atoms. The summed E-state index contributed by atoms with van der Waals surface area (Å²) in [5.41, 5.74) is 0.743. The maximum absolute atomic E-state index is 12.1. The SMILES string of the molecule is CN(C)S(=O)(=O)CCc1cc(Cl)ccc1B1OC(C)(C)C(C)(C)O1. The normalized spacial score (nSPS) is 19.9. The maximum Gasteiger partial charge on any atom is 0.495 e. The summed E-state index contributed by atoms with van der Waals surface area (Å²) in [6.07, 6.45) is 0.348. The van der Waals surface area contributed by atoms with Gasteiger partial charge in [0.2, 0.25) is 10.0 Å². The molecular weight excluding hydrogens is 349 g/mol. The van der Waals surface area contributed by atoms with Crippen LogP contribution in [0.25, 0.3) is 0 Å². The fraction of sp³-hybridized carbons (Fsp3) is 0.625. The summed E-state index contributed by atoms with van der Waals surface area (Å²) in [7, 11) is -0.764. The molecule has 0 bridgehead atoms. The first-order valence-corrected chi connectivity index (χ1v) is 9.89. The summed E-state index contributed by atoms with van der Waals surface area (Å²) >= 11 is 6.11. The van der Waals surface area contributed by atoms with Gasteiger partial charge in [-0.15, -0.1) is 0 Å². The van der Waals surface area contributed by atoms with E-state index in [-0.39, 0.29) is 5.75 Å². The zero-order chi connectivity index (χ0) is 18.3. The molecule has 1 aliphatic heterocycles. The topological polar surface area (TPSA) is 55.8 Å². The fourth-order valence-corrected chi connectivity index (χ4v) is 3.45. The molecular formula is C16H25BClNO4S. The number of aryl methyl sites for hydroxylation is 1. The third kappa shape index (κ3) is 3.97. The molecule has 134 valence electrons. The Hall–Kier alpha value is -0.595. The summed E-state index contributed by atoms with van der Waals surface area (Å²) in [6, 6.07) is 5.40. The average molecular weight is 374 g/mol. The van der Waals surface area contributed by atoms with Crippen LogP contribution in [0.5, 0.6) is 0 Å². The molecule has 0 aromatic heterocycles. The second-order valence-corrected chi connectivity index (χ2v) is 10.0. The Labute approximate surface area is 150 Å². The Morgan fingerprint density at radius 3 is 2.17 bits per heavy atom. The van der Waals surface area contributed by atoms with Gasteiger partial charge in [0.25, 0.3) is 0 Å². The minimum absolute atomic E-state index is 0.00679. The van der Waals surface area contributed by atoms with Gasteiger partial charge in [-0.3, -0.25) is 0 Å². The van der Waals surface area contributed by atoms with Gasteiger partial charge in [0.05, 0.1) is 17.0 Å². The highest BCUT2D eigenvalue weighted by Crippen LogP contribution is 2.36. The second kappa shape index (κ2) is 6.61. The van der Waals surface area contributed by atoms with E-state index in [1.807, 2.05) is 33.8 Å². The van der Waals surface area contributed by atoms with Crippen molar-refractivity contribution in [1.82, 2.24) is 4.31 Å². The van der Waals surface area contributed by atoms with Crippen LogP contribution < -0.4 is 5.46 Å². The van der Waals surface area contributed by atoms with Crippen LogP contribution in [0.2, 0.25) is 5.02 Å². The first-order valence-electron chi connectivity index (χ1n) is 7.90. The van der Waals surface area contributed by atoms with E-state index >= 15 is 0 Å². The second-order valence-electron chi connectivity index (χ2n) is 7.28. The van der Waals surface area contributed by atoms with E-state index in [0.29, 0.717) is 11.4 Å². The van der Waals surface area contributed by atoms with Crippen LogP contribution in [-0.4, -0.2) is 50.9 Å². The van der Waals surface area contributed by atoms with Gasteiger partial charge in [0.1, 0.15) is 0 Å². The van der Waals surface area contributed by atoms with Crippen LogP contribution in [0.4, 0.5) is 0 Å². The molecule has 0 unspecified atom stereocenters. The Kier molecular flexibility index (Phi) is 5.43. The summed E-state index contributed by atoms with van der Waals surface area (Å²) in [5.74, 6) is 0.00679. The van der Waals surface area contributed by atoms with Crippen molar-refractivity contribution in [1.29, 1.82) is 0 Å². The average Bonchev–Trinajstić information content (AvgIpc) is 2.65. The third-order valence-electron chi connectivity index (χ3n) is 4.80. The van der Waals surface area contributed by atoms with Crippen LogP contribution in [-0.2, 0) is 25.8 Å². The Morgan fingerprint density at radius 2 is 1.67 bits per heavy atom. The number of halogens is 1. The molecule has 1 aromatic rings. The number of benzene rings is 1. The monoisotopic (exact) mass is 373 g/mol. The van der Waals surface area contributed by atoms with Gasteiger partial charge in [-0.2, -0.15) is 0 Å². The van der Waals surface area contributed by atoms with E-state index in [4.69, 9.17) is 20.9 Å². The lowest BCUT2D eigenvalue weighted by Gasteiger charge is -2.32. The zero-order valence-corrected chi connectivity index (χ0v) is 16.7. The first-order chi connectivity index (χ1) is 10.9. The number of hydrogen-bond acceptors (Lipinski definition) is 4. The van der Waals surface area contributed by atoms with Crippen molar-refractivity contribution >= 4 is 34.2 Å². The molecule has 5 nitrogen and oxygen atoms in total. The molecule has 1 aliphatic rings. The molecule has 0 radical (unpaired) electrons. The molecule has 0 N–H and O–H groups in total. The zero-order valence-electron chi connectivity index (χ0n) is 15.1. The molecule has 0 aliphatic carbocycles. The molecule has 8 heteroatoms. The Morgan fingerprint density at radius 1 is 1.12 bits per heavy atom. The lowest BCUT2D eigenvalue weighted by atomic mass is 9.75. The minimum Gasteiger partial charge on any atom is -0.399 e. The molecule has 1 aromatic carbocycles. The third-order valence-corrected chi connectivity index (χ3v) is 6.87. The maximum atomic E-state index is 12.1. The molecule has 0 spiro atoms. The summed E-state index contributed by atoms with van der Waals surface area (Å²) in [4.78, 5) is 0. The van der Waals surface area contributed by atoms with Crippen LogP contribution in [0.15, 0.2) is 18.2 Å². The van der Waals surface area contributed by atoms with Gasteiger partial charge < -0.3 is 9.31 Å². The van der Waals surface area contributed by atoms with Gasteiger partial charge in [-0.25, -0.2) is 12.7 Å². The van der Waals surface area contributed by atoms with Crippen molar-refractivity contribution in [2.75, 3.05) is 19.8 Å². The van der Waals surface area contributed by atoms with Crippen molar-refractivity contribution in [3.8, 4) is 0 Å². The smallest absolute Gasteiger partial charge is 0.399 e. The lowest BCUT2D eigenvalue weighted by Crippen LogP contribution is -2.41. The molecule has 0 saturated carbocycles. The van der Waals surface area contributed by atoms with Gasteiger partial charge in [-0.05, 0) is 57.3 Å². The number of hydrogen-bond donors (Lipinski definition) is 0. The van der Waals surface area contributed by atoms with E-state index in [1.54, 1.807) is 12.1 Å². The van der Waals surface area contributed by atoms with E-state index in [0.717, 1.165) is 11.0 Å². The number of sulfonamides is 1. The lowest BCUT2D eigenvalue weighted by molar-refractivity contribution is 0.00578. The van der Waals surface area contributed by atoms with Gasteiger partial charge in [0.15, 0.2) is 0 Å². The van der Waals surface area contributed by atoms with Crippen LogP contribution >= 0.6 is 11.6 Å². The van der Waals surface area contributed by atoms with E-state index in [9.17, 15) is 8.42 Å². The number of rotatable bonds is 5. The quantitative estimate of drug-likeness (QED) is 0.742. The summed E-state index contributed by atoms with van der Waals surface area (Å²) in [5, 5.41) is 0.563. The Bertz CT molecular complexity index is 703. The van der Waals surface area contributed by atoms with E-state index in [2.05, 4.69) is 0 Å². The molecule has 0 atom stereocenters. The Balaban J connectivity index is 2.30. The minimum atomic E-state index is -3.29. The van der Waals surface area contributed by atoms with Crippen molar-refractivity contribution in [3.05, 3.63) is 28.8 Å². The summed E-state index contributed by atoms with van der Waals surface area (Å²) < 4.78 is 37.5. The van der Waals surface area contributed by atoms with Crippen molar-refractivity contribution < 1.29 is 17.7 Å². The largest absolute Gasteiger partial charge is 0.495 e. The molecule has 2 rings (SSSR count). The van der Waals surface area contributed by atoms with Crippen molar-refractivity contribution in [2.45, 2.75) is 45.3 Å². The standard InChI is InChI=1S/C16H25BClNO4S/c1-15(2)16(3,4)23-17(22-15)14-8-7-13(18)11-12(14)9-10-24(20,21)19(5)6/h7-8,11H,9-10H2,1-6H3. The summed E-state index contributed by atoms with van der Waals surface area (Å²) in [6.45, 7) is 7.94. The fourth-order valence-electron chi connectivity index (χ4n) is 2.41. The van der Waals surface area contributed by atoms with E-state index < -0.39 is 28.3 Å². The van der Waals surface area contributed by atoms with Gasteiger partial charge in [0, 0.05) is 19.1 Å². The van der Waals surface area contributed by atoms with Gasteiger partial charge >= 0.3 is 7.12 Å². The molecule has 1 fully saturated rings. The van der Waals surface area contributed by atoms with Crippen LogP contribution in [0.3, 0.4) is 0 Å². The van der Waals surface area contributed by atoms with E-state index in [1.165, 1.54) is 18.4 Å². The van der Waals surface area contributed by atoms with Gasteiger partial charge in [-0.1, -0.05) is 17.7 Å². The highest BCUT2D eigenvalue weighted by atomic mass is 35.5. The molecule has 1 heterocycles. The highest BCUT2D eigenvalue weighted by Gasteiger charge is 2.52. The van der Waals surface area contributed by atoms with Crippen molar-refractivity contribution in [2.24, 2.45) is 0 Å². The van der Waals surface area contributed by atoms with Crippen molar-refractivity contribution in [3.63, 3.8) is 0 Å². The predicted octanol–water partition coefficient (Wildman–Crippen LogP) is 2.07. The molecule has 1 saturated heterocycles. The van der Waals surface area contributed by atoms with Crippen LogP contribution in [0, 0.1) is 0 Å². The highest BCUT2D eigenvalue weighted by molar-refractivity contribution is 7.89. The molecule has 0 amide bonds.